The van der Waals surface area contributed by atoms with Crippen LogP contribution in [0.3, 0.4) is 0 Å². The Morgan fingerprint density at radius 2 is 1.94 bits per heavy atom. The number of carbonyl (C=O) groups excluding carboxylic acids is 1. The molecule has 0 spiro atoms. The van der Waals surface area contributed by atoms with Gasteiger partial charge in [0, 0.05) is 35.5 Å². The number of anilines is 3. The number of pyridine rings is 1. The van der Waals surface area contributed by atoms with Gasteiger partial charge >= 0.3 is 12.2 Å². The summed E-state index contributed by atoms with van der Waals surface area (Å²) in [7, 11) is 0. The first-order chi connectivity index (χ1) is 17.2. The van der Waals surface area contributed by atoms with E-state index in [1.54, 1.807) is 12.3 Å². The van der Waals surface area contributed by atoms with Crippen LogP contribution < -0.4 is 16.4 Å². The first-order valence-corrected chi connectivity index (χ1v) is 11.3. The molecule has 186 valence electrons. The number of nitrogen functional groups attached to an aromatic ring is 1. The Morgan fingerprint density at radius 1 is 1.17 bits per heavy atom. The highest BCUT2D eigenvalue weighted by Gasteiger charge is 2.66. The first kappa shape index (κ1) is 22.4. The molecule has 2 fully saturated rings. The van der Waals surface area contributed by atoms with E-state index < -0.39 is 23.4 Å². The van der Waals surface area contributed by atoms with Crippen molar-refractivity contribution in [3.8, 4) is 11.1 Å². The summed E-state index contributed by atoms with van der Waals surface area (Å²) < 4.78 is 61.7. The van der Waals surface area contributed by atoms with Crippen LogP contribution in [0.2, 0.25) is 0 Å². The number of hydrogen-bond acceptors (Lipinski definition) is 5. The number of benzene rings is 1. The molecular weight excluding hydrogens is 480 g/mol. The lowest BCUT2D eigenvalue weighted by molar-refractivity contribution is -0.161. The molecule has 8 nitrogen and oxygen atoms in total. The van der Waals surface area contributed by atoms with E-state index in [9.17, 15) is 22.4 Å². The zero-order chi connectivity index (χ0) is 25.2. The molecule has 0 unspecified atom stereocenters. The summed E-state index contributed by atoms with van der Waals surface area (Å²) in [5.74, 6) is -0.635. The minimum absolute atomic E-state index is 0.0900. The van der Waals surface area contributed by atoms with Gasteiger partial charge in [0.1, 0.15) is 22.7 Å². The molecule has 12 heteroatoms. The van der Waals surface area contributed by atoms with Crippen molar-refractivity contribution in [2.75, 3.05) is 16.4 Å². The summed E-state index contributed by atoms with van der Waals surface area (Å²) in [4.78, 5) is 16.5. The highest BCUT2D eigenvalue weighted by Crippen LogP contribution is 2.58. The van der Waals surface area contributed by atoms with Gasteiger partial charge in [0.25, 0.3) is 0 Å². The fourth-order valence-corrected chi connectivity index (χ4v) is 4.52. The molecule has 2 aliphatic rings. The number of rotatable bonds is 5. The highest BCUT2D eigenvalue weighted by molar-refractivity contribution is 6.03. The molecule has 0 bridgehead atoms. The van der Waals surface area contributed by atoms with Crippen LogP contribution in [0.15, 0.2) is 47.2 Å². The van der Waals surface area contributed by atoms with E-state index in [0.29, 0.717) is 17.4 Å². The standard InChI is InChI=1S/C24H20F4N6O2/c25-15-9-12(14-11-34(13-2-3-13)17-5-8-30-21(29)20(14)17)1-4-16(15)31-22(35)32-19-10-18(33-36-19)23(6-7-23)24(26,27)28/h1,4-5,8-11,13H,2-3,6-7H2,(H2,29,30)(H2,31,32,35). The number of hydrogen-bond donors (Lipinski definition) is 3. The van der Waals surface area contributed by atoms with Crippen molar-refractivity contribution in [1.29, 1.82) is 0 Å². The number of alkyl halides is 3. The van der Waals surface area contributed by atoms with Crippen molar-refractivity contribution in [2.24, 2.45) is 0 Å². The second-order valence-corrected chi connectivity index (χ2v) is 9.20. The zero-order valence-corrected chi connectivity index (χ0v) is 18.7. The lowest BCUT2D eigenvalue weighted by Crippen LogP contribution is -2.28. The monoisotopic (exact) mass is 500 g/mol. The third-order valence-electron chi connectivity index (χ3n) is 6.77. The Morgan fingerprint density at radius 3 is 2.61 bits per heavy atom. The molecule has 0 saturated heterocycles. The van der Waals surface area contributed by atoms with E-state index in [1.165, 1.54) is 12.1 Å². The summed E-state index contributed by atoms with van der Waals surface area (Å²) in [6.07, 6.45) is 1.05. The van der Waals surface area contributed by atoms with Crippen LogP contribution in [-0.4, -0.2) is 26.9 Å². The third kappa shape index (κ3) is 3.64. The minimum atomic E-state index is -4.46. The fourth-order valence-electron chi connectivity index (χ4n) is 4.52. The van der Waals surface area contributed by atoms with Gasteiger partial charge in [-0.15, -0.1) is 0 Å². The van der Waals surface area contributed by atoms with Gasteiger partial charge in [-0.3, -0.25) is 5.32 Å². The van der Waals surface area contributed by atoms with Gasteiger partial charge in [-0.1, -0.05) is 11.2 Å². The summed E-state index contributed by atoms with van der Waals surface area (Å²) >= 11 is 0. The largest absolute Gasteiger partial charge is 0.400 e. The number of carbonyl (C=O) groups is 1. The SMILES string of the molecule is Nc1nccc2c1c(-c1ccc(NC(=O)Nc3cc(C4(C(F)(F)F)CC4)no3)c(F)c1)cn2C1CC1. The molecule has 4 aromatic rings. The van der Waals surface area contributed by atoms with Crippen LogP contribution in [0.1, 0.15) is 37.4 Å². The van der Waals surface area contributed by atoms with Crippen molar-refractivity contribution in [1.82, 2.24) is 14.7 Å². The predicted octanol–water partition coefficient (Wildman–Crippen LogP) is 5.99. The average Bonchev–Trinajstić information content (AvgIpc) is 3.74. The Labute approximate surface area is 201 Å². The second-order valence-electron chi connectivity index (χ2n) is 9.20. The maximum atomic E-state index is 15.0. The first-order valence-electron chi connectivity index (χ1n) is 11.3. The van der Waals surface area contributed by atoms with Crippen LogP contribution in [0.25, 0.3) is 22.0 Å². The number of nitrogens with one attached hydrogen (secondary N) is 2. The predicted molar refractivity (Wildman–Crippen MR) is 124 cm³/mol. The average molecular weight is 500 g/mol. The van der Waals surface area contributed by atoms with E-state index in [4.69, 9.17) is 10.3 Å². The van der Waals surface area contributed by atoms with Crippen molar-refractivity contribution in [3.63, 3.8) is 0 Å². The summed E-state index contributed by atoms with van der Waals surface area (Å²) in [6, 6.07) is 6.71. The number of amides is 2. The number of urea groups is 1. The van der Waals surface area contributed by atoms with Crippen LogP contribution in [0.5, 0.6) is 0 Å². The second kappa shape index (κ2) is 7.70. The summed E-state index contributed by atoms with van der Waals surface area (Å²) in [5.41, 5.74) is 5.90. The smallest absolute Gasteiger partial charge is 0.383 e. The molecule has 2 saturated carbocycles. The molecule has 2 aliphatic carbocycles. The molecule has 36 heavy (non-hydrogen) atoms. The van der Waals surface area contributed by atoms with Gasteiger partial charge in [-0.2, -0.15) is 13.2 Å². The Balaban J connectivity index is 1.21. The maximum Gasteiger partial charge on any atom is 0.400 e. The minimum Gasteiger partial charge on any atom is -0.383 e. The van der Waals surface area contributed by atoms with Crippen LogP contribution in [0.4, 0.5) is 39.7 Å². The quantitative estimate of drug-likeness (QED) is 0.292. The Bertz CT molecular complexity index is 1500. The molecule has 6 rings (SSSR count). The van der Waals surface area contributed by atoms with Gasteiger partial charge in [-0.25, -0.2) is 14.2 Å². The topological polar surface area (TPSA) is 111 Å². The maximum absolute atomic E-state index is 15.0. The van der Waals surface area contributed by atoms with Crippen LogP contribution in [0, 0.1) is 5.82 Å². The van der Waals surface area contributed by atoms with E-state index in [0.717, 1.165) is 35.4 Å². The normalized spacial score (nSPS) is 16.8. The Kier molecular flexibility index (Phi) is 4.79. The molecule has 1 aromatic carbocycles. The number of nitrogens with two attached hydrogens (primary N) is 1. The molecule has 0 atom stereocenters. The summed E-state index contributed by atoms with van der Waals surface area (Å²) in [6.45, 7) is 0. The molecule has 0 aliphatic heterocycles. The van der Waals surface area contributed by atoms with E-state index in [-0.39, 0.29) is 30.1 Å². The lowest BCUT2D eigenvalue weighted by atomic mass is 10.0. The van der Waals surface area contributed by atoms with Crippen molar-refractivity contribution in [3.05, 3.63) is 54.2 Å². The van der Waals surface area contributed by atoms with Crippen molar-refractivity contribution < 1.29 is 26.9 Å². The number of aromatic nitrogens is 3. The van der Waals surface area contributed by atoms with Crippen molar-refractivity contribution >= 4 is 34.3 Å². The molecule has 0 radical (unpaired) electrons. The molecule has 3 aromatic heterocycles. The van der Waals surface area contributed by atoms with Crippen LogP contribution >= 0.6 is 0 Å². The summed E-state index contributed by atoms with van der Waals surface area (Å²) in [5, 5.41) is 8.78. The van der Waals surface area contributed by atoms with Gasteiger partial charge in [0.05, 0.1) is 11.2 Å². The van der Waals surface area contributed by atoms with Crippen molar-refractivity contribution in [2.45, 2.75) is 43.3 Å². The van der Waals surface area contributed by atoms with Gasteiger partial charge in [-0.05, 0) is 49.4 Å². The van der Waals surface area contributed by atoms with Crippen LogP contribution in [-0.2, 0) is 5.41 Å². The van der Waals surface area contributed by atoms with Gasteiger partial charge < -0.3 is 20.1 Å². The van der Waals surface area contributed by atoms with E-state index in [1.807, 2.05) is 12.3 Å². The van der Waals surface area contributed by atoms with E-state index in [2.05, 4.69) is 25.3 Å². The fraction of sp³-hybridized carbons (Fsp3) is 0.292. The highest BCUT2D eigenvalue weighted by atomic mass is 19.4. The Hall–Kier alpha value is -4.09. The number of fused-ring (bicyclic) bond motifs is 1. The number of halogens is 4. The van der Waals surface area contributed by atoms with Gasteiger partial charge in [0.2, 0.25) is 5.88 Å². The zero-order valence-electron chi connectivity index (χ0n) is 18.7. The molecule has 4 N–H and O–H groups in total. The molecule has 2 amide bonds. The molecule has 3 heterocycles. The third-order valence-corrected chi connectivity index (χ3v) is 6.77. The molecular formula is C24H20F4N6O2. The van der Waals surface area contributed by atoms with E-state index >= 15 is 0 Å². The lowest BCUT2D eigenvalue weighted by Gasteiger charge is -2.15. The number of nitrogens with zero attached hydrogens (tertiary/aromatic N) is 3. The van der Waals surface area contributed by atoms with Gasteiger partial charge in [0.15, 0.2) is 0 Å².